The number of carbonyl (C=O) groups is 1. The quantitative estimate of drug-likeness (QED) is 0.283. The molecule has 6 aliphatic rings. The van der Waals surface area contributed by atoms with Crippen molar-refractivity contribution in [1.29, 1.82) is 0 Å². The summed E-state index contributed by atoms with van der Waals surface area (Å²) in [6.45, 7) is 5.66. The highest BCUT2D eigenvalue weighted by molar-refractivity contribution is 5.92. The molecule has 0 unspecified atom stereocenters. The van der Waals surface area contributed by atoms with Gasteiger partial charge in [0.05, 0.1) is 6.10 Å². The molecule has 0 aromatic heterocycles. The lowest BCUT2D eigenvalue weighted by Gasteiger charge is -2.57. The van der Waals surface area contributed by atoms with E-state index >= 15 is 0 Å². The predicted octanol–water partition coefficient (Wildman–Crippen LogP) is 0.273. The summed E-state index contributed by atoms with van der Waals surface area (Å²) in [5.74, 6) is -0.878. The minimum absolute atomic E-state index is 0.0629. The van der Waals surface area contributed by atoms with Crippen LogP contribution < -0.4 is 0 Å². The Labute approximate surface area is 172 Å². The van der Waals surface area contributed by atoms with Gasteiger partial charge in [0, 0.05) is 11.0 Å². The van der Waals surface area contributed by atoms with E-state index in [1.807, 2.05) is 6.92 Å². The first-order chi connectivity index (χ1) is 14.1. The van der Waals surface area contributed by atoms with Crippen LogP contribution in [0, 0.1) is 27.4 Å². The van der Waals surface area contributed by atoms with Crippen LogP contribution in [0.5, 0.6) is 0 Å². The molecule has 3 aliphatic heterocycles. The van der Waals surface area contributed by atoms with Crippen LogP contribution in [0.1, 0.15) is 40.0 Å². The molecule has 4 fully saturated rings. The van der Waals surface area contributed by atoms with E-state index in [4.69, 9.17) is 19.0 Å². The molecule has 2 saturated heterocycles. The molecule has 9 atom stereocenters. The zero-order valence-electron chi connectivity index (χ0n) is 17.0. The minimum atomic E-state index is -1.90. The van der Waals surface area contributed by atoms with Gasteiger partial charge in [0.2, 0.25) is 0 Å². The molecule has 3 aliphatic carbocycles. The Morgan fingerprint density at radius 1 is 1.33 bits per heavy atom. The molecule has 6 rings (SSSR count). The van der Waals surface area contributed by atoms with Crippen LogP contribution in [0.3, 0.4) is 0 Å². The van der Waals surface area contributed by atoms with Gasteiger partial charge in [-0.3, -0.25) is 0 Å². The number of hydrogen-bond acceptors (Lipinski definition) is 9. The summed E-state index contributed by atoms with van der Waals surface area (Å²) >= 11 is 0. The zero-order chi connectivity index (χ0) is 21.4. The van der Waals surface area contributed by atoms with Gasteiger partial charge in [0.25, 0.3) is 5.09 Å². The molecule has 0 aromatic rings. The van der Waals surface area contributed by atoms with Gasteiger partial charge in [-0.1, -0.05) is 20.8 Å². The van der Waals surface area contributed by atoms with E-state index < -0.39 is 51.5 Å². The van der Waals surface area contributed by atoms with Gasteiger partial charge in [0.1, 0.15) is 30.0 Å². The van der Waals surface area contributed by atoms with Crippen molar-refractivity contribution >= 4 is 5.97 Å². The normalized spacial score (nSPS) is 55.0. The summed E-state index contributed by atoms with van der Waals surface area (Å²) in [7, 11) is 0. The fourth-order valence-electron chi connectivity index (χ4n) is 7.50. The number of aliphatic hydroxyl groups excluding tert-OH is 1. The zero-order valence-corrected chi connectivity index (χ0v) is 17.0. The van der Waals surface area contributed by atoms with Gasteiger partial charge in [0.15, 0.2) is 11.7 Å². The summed E-state index contributed by atoms with van der Waals surface area (Å²) in [6, 6.07) is 0. The van der Waals surface area contributed by atoms with Crippen molar-refractivity contribution < 1.29 is 39.1 Å². The van der Waals surface area contributed by atoms with E-state index in [9.17, 15) is 25.1 Å². The summed E-state index contributed by atoms with van der Waals surface area (Å²) in [4.78, 5) is 28.4. The molecule has 0 radical (unpaired) electrons. The highest BCUT2D eigenvalue weighted by Gasteiger charge is 2.97. The van der Waals surface area contributed by atoms with Crippen molar-refractivity contribution in [1.82, 2.24) is 0 Å². The van der Waals surface area contributed by atoms with Crippen LogP contribution in [0.4, 0.5) is 0 Å². The van der Waals surface area contributed by atoms with E-state index in [0.29, 0.717) is 24.8 Å². The van der Waals surface area contributed by atoms with Crippen molar-refractivity contribution in [2.75, 3.05) is 6.61 Å². The number of aliphatic hydroxyl groups is 2. The summed E-state index contributed by atoms with van der Waals surface area (Å²) < 4.78 is 17.7. The smallest absolute Gasteiger partial charge is 0.334 e. The lowest BCUT2D eigenvalue weighted by Crippen LogP contribution is -2.76. The van der Waals surface area contributed by atoms with Gasteiger partial charge in [-0.15, -0.1) is 10.1 Å². The first-order valence-electron chi connectivity index (χ1n) is 10.5. The summed E-state index contributed by atoms with van der Waals surface area (Å²) in [6.07, 6.45) is -2.23. The molecule has 0 bridgehead atoms. The molecule has 2 N–H and O–H groups in total. The number of nitrogens with zero attached hydrogens (tertiary/aromatic N) is 1. The first-order valence-corrected chi connectivity index (χ1v) is 10.5. The Bertz CT molecular complexity index is 918. The van der Waals surface area contributed by atoms with Gasteiger partial charge in [-0.2, -0.15) is 0 Å². The molecular weight excluding hydrogens is 398 g/mol. The standard InChI is InChI=1S/C20H25NO9/c1-8(2)18(24)13(30-21(25)26)14-20(29-14)17(3)5-4-9-10(7-27-15(9)22)11(17)6-12-19(20,28-12)16(18)23/h8,11-14,16,23-24H,4-7H2,1-3H3/t11-,12-,13+,14-,16+,17-,18-,19+,20+/m0/s1. The molecule has 2 saturated carbocycles. The summed E-state index contributed by atoms with van der Waals surface area (Å²) in [5.41, 5.74) is -2.95. The van der Waals surface area contributed by atoms with E-state index in [1.165, 1.54) is 0 Å². The first kappa shape index (κ1) is 19.0. The molecule has 164 valence electrons. The number of carbonyl (C=O) groups excluding carboxylic acids is 1. The Morgan fingerprint density at radius 2 is 2.07 bits per heavy atom. The second-order valence-corrected chi connectivity index (χ2v) is 10.2. The largest absolute Gasteiger partial charge is 0.458 e. The monoisotopic (exact) mass is 423 g/mol. The SMILES string of the molecule is CC(C)[C@]1(O)[C@H](O[N+](=O)[O-])[C@@H]2O[C@]23[C@]2(O[C@H]2C[C@H]2C4=C(CC[C@@]23C)C(=O)OC4)[C@@H]1O. The summed E-state index contributed by atoms with van der Waals surface area (Å²) in [5, 5.41) is 33.3. The molecule has 0 amide bonds. The average Bonchev–Trinajstić information content (AvgIpc) is 3.56. The molecule has 30 heavy (non-hydrogen) atoms. The number of ether oxygens (including phenoxy) is 3. The number of fused-ring (bicyclic) bond motifs is 2. The molecule has 10 nitrogen and oxygen atoms in total. The van der Waals surface area contributed by atoms with Crippen molar-refractivity contribution in [3.63, 3.8) is 0 Å². The second kappa shape index (κ2) is 5.17. The molecule has 2 spiro atoms. The van der Waals surface area contributed by atoms with Crippen molar-refractivity contribution in [3.8, 4) is 0 Å². The second-order valence-electron chi connectivity index (χ2n) is 10.2. The van der Waals surface area contributed by atoms with E-state index in [-0.39, 0.29) is 24.6 Å². The lowest BCUT2D eigenvalue weighted by atomic mass is 9.45. The maximum Gasteiger partial charge on any atom is 0.334 e. The van der Waals surface area contributed by atoms with Gasteiger partial charge in [-0.25, -0.2) is 4.79 Å². The van der Waals surface area contributed by atoms with Crippen molar-refractivity contribution in [2.45, 2.75) is 81.3 Å². The van der Waals surface area contributed by atoms with Crippen molar-refractivity contribution in [2.24, 2.45) is 17.3 Å². The van der Waals surface area contributed by atoms with Crippen LogP contribution >= 0.6 is 0 Å². The fraction of sp³-hybridized carbons (Fsp3) is 0.850. The third-order valence-electron chi connectivity index (χ3n) is 9.07. The molecule has 3 heterocycles. The van der Waals surface area contributed by atoms with Crippen LogP contribution in [-0.4, -0.2) is 69.1 Å². The lowest BCUT2D eigenvalue weighted by molar-refractivity contribution is -0.774. The van der Waals surface area contributed by atoms with Gasteiger partial charge < -0.3 is 29.3 Å². The van der Waals surface area contributed by atoms with Crippen LogP contribution in [0.15, 0.2) is 11.1 Å². The minimum Gasteiger partial charge on any atom is -0.458 e. The Balaban J connectivity index is 1.50. The molecular formula is C20H25NO9. The number of cyclic esters (lactones) is 1. The van der Waals surface area contributed by atoms with E-state index in [1.54, 1.807) is 13.8 Å². The highest BCUT2D eigenvalue weighted by Crippen LogP contribution is 2.80. The third kappa shape index (κ3) is 1.70. The van der Waals surface area contributed by atoms with Crippen LogP contribution in [-0.2, 0) is 23.8 Å². The number of rotatable bonds is 3. The Hall–Kier alpha value is -1.75. The van der Waals surface area contributed by atoms with Crippen molar-refractivity contribution in [3.05, 3.63) is 21.3 Å². The third-order valence-corrected chi connectivity index (χ3v) is 9.07. The molecule has 0 aromatic carbocycles. The highest BCUT2D eigenvalue weighted by atomic mass is 17.0. The van der Waals surface area contributed by atoms with E-state index in [0.717, 1.165) is 5.57 Å². The van der Waals surface area contributed by atoms with Crippen LogP contribution in [0.25, 0.3) is 0 Å². The van der Waals surface area contributed by atoms with Gasteiger partial charge in [-0.05, 0) is 36.7 Å². The number of epoxide rings is 2. The van der Waals surface area contributed by atoms with Gasteiger partial charge >= 0.3 is 5.97 Å². The van der Waals surface area contributed by atoms with E-state index in [2.05, 4.69) is 0 Å². The average molecular weight is 423 g/mol. The Kier molecular flexibility index (Phi) is 3.27. The van der Waals surface area contributed by atoms with Crippen LogP contribution in [0.2, 0.25) is 0 Å². The topological polar surface area (TPSA) is 144 Å². The maximum absolute atomic E-state index is 12.1. The maximum atomic E-state index is 12.1. The number of esters is 1. The molecule has 10 heteroatoms. The fourth-order valence-corrected chi connectivity index (χ4v) is 7.50. The number of hydrogen-bond donors (Lipinski definition) is 2. The Morgan fingerprint density at radius 3 is 2.73 bits per heavy atom. The predicted molar refractivity (Wildman–Crippen MR) is 96.3 cm³/mol.